The molecule has 0 aliphatic carbocycles. The lowest BCUT2D eigenvalue weighted by Crippen LogP contribution is -2.63. The van der Waals surface area contributed by atoms with Gasteiger partial charge in [-0.3, -0.25) is 14.9 Å². The van der Waals surface area contributed by atoms with Crippen LogP contribution in [-0.2, 0) is 39.8 Å². The van der Waals surface area contributed by atoms with E-state index in [1.807, 2.05) is 26.8 Å². The van der Waals surface area contributed by atoms with Gasteiger partial charge in [0.15, 0.2) is 5.72 Å². The van der Waals surface area contributed by atoms with Crippen LogP contribution in [0.2, 0.25) is 5.02 Å². The lowest BCUT2D eigenvalue weighted by atomic mass is 9.83. The summed E-state index contributed by atoms with van der Waals surface area (Å²) in [7, 11) is 6.07. The number of hydrogen-bond donors (Lipinski definition) is 2. The number of ether oxygens (including phenoxy) is 5. The van der Waals surface area contributed by atoms with E-state index in [4.69, 9.17) is 35.3 Å². The van der Waals surface area contributed by atoms with Crippen molar-refractivity contribution in [1.29, 1.82) is 0 Å². The second kappa shape index (κ2) is 17.0. The number of alkyl carbamates (subject to hydrolysis) is 1. The SMILES string of the molecule is CCCCCC(=O)N(C)[C@@H](C)C(=O)O[C@H]1CC(=O)N(C)c2cc(cc(OC)c2Cl)C/C(C)=C/C=C/[C@@H](OC)[C@@]2(O)C[C@H](OC(=O)N2)[C@@H](C)[C@@H]2O[C@@]12C. The highest BCUT2D eigenvalue weighted by Gasteiger charge is 2.64. The number of nitrogens with zero attached hydrogens (tertiary/aromatic N) is 2. The average Bonchev–Trinajstić information content (AvgIpc) is 3.80. The quantitative estimate of drug-likeness (QED) is 0.198. The molecule has 1 aromatic carbocycles. The Morgan fingerprint density at radius 1 is 1.23 bits per heavy atom. The summed E-state index contributed by atoms with van der Waals surface area (Å²) >= 11 is 6.76. The number of methoxy groups -OCH3 is 2. The maximum Gasteiger partial charge on any atom is 0.409 e. The van der Waals surface area contributed by atoms with E-state index in [-0.39, 0.29) is 23.8 Å². The lowest BCUT2D eigenvalue weighted by molar-refractivity contribution is -0.162. The van der Waals surface area contributed by atoms with Crippen molar-refractivity contribution >= 4 is 41.2 Å². The molecule has 52 heavy (non-hydrogen) atoms. The summed E-state index contributed by atoms with van der Waals surface area (Å²) in [5, 5.41) is 14.5. The summed E-state index contributed by atoms with van der Waals surface area (Å²) in [6.07, 6.45) is 3.90. The molecule has 288 valence electrons. The zero-order valence-corrected chi connectivity index (χ0v) is 32.5. The Morgan fingerprint density at radius 3 is 2.60 bits per heavy atom. The molecule has 4 bridgehead atoms. The summed E-state index contributed by atoms with van der Waals surface area (Å²) in [6.45, 7) is 9.09. The number of esters is 1. The van der Waals surface area contributed by atoms with E-state index in [1.165, 1.54) is 24.0 Å². The summed E-state index contributed by atoms with van der Waals surface area (Å²) in [6, 6.07) is 2.66. The molecule has 0 unspecified atom stereocenters. The van der Waals surface area contributed by atoms with Crippen molar-refractivity contribution < 1.29 is 48.0 Å². The summed E-state index contributed by atoms with van der Waals surface area (Å²) in [5.41, 5.74) is -0.867. The molecule has 1 aromatic rings. The molecule has 4 rings (SSSR count). The number of aliphatic hydroxyl groups is 1. The zero-order chi connectivity index (χ0) is 38.5. The molecule has 3 heterocycles. The smallest absolute Gasteiger partial charge is 0.409 e. The minimum atomic E-state index is -1.82. The maximum absolute atomic E-state index is 14.1. The first-order chi connectivity index (χ1) is 24.5. The summed E-state index contributed by atoms with van der Waals surface area (Å²) in [5.74, 6) is -1.44. The van der Waals surface area contributed by atoms with Crippen LogP contribution in [-0.4, -0.2) is 104 Å². The van der Waals surface area contributed by atoms with Crippen LogP contribution in [0.1, 0.15) is 78.7 Å². The van der Waals surface area contributed by atoms with Crippen molar-refractivity contribution in [1.82, 2.24) is 10.2 Å². The number of likely N-dealkylation sites (N-methyl/N-ethyl adjacent to an activating group) is 1. The number of epoxide rings is 1. The number of carbonyl (C=O) groups excluding carboxylic acids is 4. The maximum atomic E-state index is 14.1. The van der Waals surface area contributed by atoms with Gasteiger partial charge in [-0.05, 0) is 51.3 Å². The van der Waals surface area contributed by atoms with Gasteiger partial charge in [-0.1, -0.05) is 62.1 Å². The second-order valence-electron chi connectivity index (χ2n) is 14.4. The van der Waals surface area contributed by atoms with Gasteiger partial charge < -0.3 is 38.6 Å². The Labute approximate surface area is 311 Å². The number of anilines is 1. The Morgan fingerprint density at radius 2 is 1.94 bits per heavy atom. The zero-order valence-electron chi connectivity index (χ0n) is 31.7. The van der Waals surface area contributed by atoms with E-state index in [0.717, 1.165) is 24.0 Å². The normalized spacial score (nSPS) is 31.6. The number of unbranched alkanes of at least 4 members (excludes halogenated alkanes) is 2. The van der Waals surface area contributed by atoms with Crippen LogP contribution in [0.25, 0.3) is 0 Å². The van der Waals surface area contributed by atoms with E-state index in [1.54, 1.807) is 52.2 Å². The average molecular weight is 748 g/mol. The minimum Gasteiger partial charge on any atom is -0.495 e. The molecule has 3 amide bonds. The molecule has 8 atom stereocenters. The van der Waals surface area contributed by atoms with Gasteiger partial charge in [0.1, 0.15) is 40.7 Å². The summed E-state index contributed by atoms with van der Waals surface area (Å²) in [4.78, 5) is 56.3. The van der Waals surface area contributed by atoms with E-state index < -0.39 is 65.7 Å². The third kappa shape index (κ3) is 9.10. The van der Waals surface area contributed by atoms with Gasteiger partial charge in [-0.2, -0.15) is 0 Å². The molecule has 2 N–H and O–H groups in total. The standard InChI is InChI=1S/C38H54ClN3O10/c1-10-11-12-16-31(43)41(6)24(4)35(45)51-30-20-32(44)42(7)26-18-25(19-27(48-8)33(26)39)17-22(2)14-13-15-29(49-9)38(47)21-28(50-36(46)40-38)23(3)34-37(30,5)52-34/h13-15,18-19,23-24,28-30,34,47H,10-12,16-17,20-21H2,1-9H3,(H,40,46)/b15-13+,22-14+/t23-,24+,28+,29-,30+,34+,37+,38+/m1/s1. The fourth-order valence-corrected chi connectivity index (χ4v) is 7.23. The largest absolute Gasteiger partial charge is 0.495 e. The van der Waals surface area contributed by atoms with E-state index >= 15 is 0 Å². The number of allylic oxidation sites excluding steroid dienone is 3. The highest BCUT2D eigenvalue weighted by Crippen LogP contribution is 2.49. The van der Waals surface area contributed by atoms with Gasteiger partial charge in [-0.15, -0.1) is 0 Å². The van der Waals surface area contributed by atoms with Crippen molar-refractivity contribution in [3.63, 3.8) is 0 Å². The van der Waals surface area contributed by atoms with Crippen molar-refractivity contribution in [3.8, 4) is 5.75 Å². The lowest BCUT2D eigenvalue weighted by Gasteiger charge is -2.42. The highest BCUT2D eigenvalue weighted by atomic mass is 35.5. The molecule has 3 aliphatic rings. The van der Waals surface area contributed by atoms with Crippen LogP contribution in [0, 0.1) is 5.92 Å². The molecule has 0 spiro atoms. The topological polar surface area (TPSA) is 156 Å². The Balaban J connectivity index is 1.74. The number of fused-ring (bicyclic) bond motifs is 5. The second-order valence-corrected chi connectivity index (χ2v) is 14.7. The van der Waals surface area contributed by atoms with Crippen LogP contribution in [0.5, 0.6) is 5.75 Å². The predicted molar refractivity (Wildman–Crippen MR) is 195 cm³/mol. The van der Waals surface area contributed by atoms with Gasteiger partial charge in [0, 0.05) is 40.0 Å². The first kappa shape index (κ1) is 41.1. The number of nitrogens with one attached hydrogen (secondary N) is 1. The van der Waals surface area contributed by atoms with Gasteiger partial charge in [-0.25, -0.2) is 9.59 Å². The molecule has 2 fully saturated rings. The molecule has 14 heteroatoms. The third-order valence-electron chi connectivity index (χ3n) is 10.5. The monoisotopic (exact) mass is 747 g/mol. The minimum absolute atomic E-state index is 0.0421. The molecule has 0 aromatic heterocycles. The number of hydrogen-bond acceptors (Lipinski definition) is 10. The molecule has 3 aliphatic heterocycles. The third-order valence-corrected chi connectivity index (χ3v) is 10.9. The highest BCUT2D eigenvalue weighted by molar-refractivity contribution is 6.35. The number of rotatable bonds is 9. The first-order valence-corrected chi connectivity index (χ1v) is 18.2. The fraction of sp³-hybridized carbons (Fsp3) is 0.632. The molecule has 2 saturated heterocycles. The van der Waals surface area contributed by atoms with Crippen LogP contribution in [0.3, 0.4) is 0 Å². The van der Waals surface area contributed by atoms with Crippen molar-refractivity contribution in [2.45, 2.75) is 121 Å². The van der Waals surface area contributed by atoms with Gasteiger partial charge >= 0.3 is 12.1 Å². The molecule has 0 radical (unpaired) electrons. The van der Waals surface area contributed by atoms with Crippen LogP contribution in [0.15, 0.2) is 35.9 Å². The van der Waals surface area contributed by atoms with E-state index in [9.17, 15) is 24.3 Å². The van der Waals surface area contributed by atoms with Crippen molar-refractivity contribution in [2.24, 2.45) is 5.92 Å². The van der Waals surface area contributed by atoms with Crippen molar-refractivity contribution in [2.75, 3.05) is 33.2 Å². The van der Waals surface area contributed by atoms with Crippen LogP contribution < -0.4 is 15.0 Å². The summed E-state index contributed by atoms with van der Waals surface area (Å²) < 4.78 is 29.2. The van der Waals surface area contributed by atoms with E-state index in [0.29, 0.717) is 30.7 Å². The fourth-order valence-electron chi connectivity index (χ4n) is 6.92. The Bertz CT molecular complexity index is 1570. The number of halogens is 1. The molecule has 0 saturated carbocycles. The van der Waals surface area contributed by atoms with Crippen LogP contribution in [0.4, 0.5) is 10.5 Å². The predicted octanol–water partition coefficient (Wildman–Crippen LogP) is 5.09. The number of amides is 3. The van der Waals surface area contributed by atoms with Crippen LogP contribution >= 0.6 is 11.6 Å². The van der Waals surface area contributed by atoms with E-state index in [2.05, 4.69) is 5.32 Å². The van der Waals surface area contributed by atoms with Crippen molar-refractivity contribution in [3.05, 3.63) is 46.5 Å². The number of benzene rings is 1. The molecule has 13 nitrogen and oxygen atoms in total. The first-order valence-electron chi connectivity index (χ1n) is 17.8. The Kier molecular flexibility index (Phi) is 13.4. The molecular formula is C38H54ClN3O10. The Hall–Kier alpha value is -3.65. The molecular weight excluding hydrogens is 694 g/mol. The van der Waals surface area contributed by atoms with Gasteiger partial charge in [0.2, 0.25) is 11.8 Å². The van der Waals surface area contributed by atoms with Gasteiger partial charge in [0.05, 0.1) is 25.3 Å². The van der Waals surface area contributed by atoms with Gasteiger partial charge in [0.25, 0.3) is 0 Å². The number of carbonyl (C=O) groups is 4.